The molecule has 7 nitrogen and oxygen atoms in total. The summed E-state index contributed by atoms with van der Waals surface area (Å²) in [5.74, 6) is 0.693. The first-order chi connectivity index (χ1) is 19.8. The molecule has 2 amide bonds. The summed E-state index contributed by atoms with van der Waals surface area (Å²) in [6.45, 7) is 4.61. The molecule has 2 heterocycles. The van der Waals surface area contributed by atoms with Gasteiger partial charge in [-0.2, -0.15) is 0 Å². The quantitative estimate of drug-likeness (QED) is 0.523. The van der Waals surface area contributed by atoms with E-state index in [4.69, 9.17) is 5.73 Å². The molecule has 2 aliphatic heterocycles. The molecule has 0 spiro atoms. The maximum Gasteiger partial charge on any atom is 0.253 e. The van der Waals surface area contributed by atoms with Crippen LogP contribution in [0.25, 0.3) is 11.1 Å². The zero-order valence-corrected chi connectivity index (χ0v) is 25.0. The van der Waals surface area contributed by atoms with Gasteiger partial charge in [0, 0.05) is 38.8 Å². The molecular weight excluding hydrogens is 510 g/mol. The predicted molar refractivity (Wildman–Crippen MR) is 164 cm³/mol. The van der Waals surface area contributed by atoms with Gasteiger partial charge in [-0.05, 0) is 85.9 Å². The Balaban J connectivity index is 1.15. The maximum absolute atomic E-state index is 13.3. The third kappa shape index (κ3) is 5.39. The van der Waals surface area contributed by atoms with Crippen LogP contribution >= 0.6 is 0 Å². The average molecular weight is 558 g/mol. The number of benzene rings is 2. The number of hydrogen-bond acceptors (Lipinski definition) is 5. The van der Waals surface area contributed by atoms with Crippen LogP contribution in [0.3, 0.4) is 0 Å². The van der Waals surface area contributed by atoms with Crippen LogP contribution in [0, 0.1) is 5.92 Å². The molecule has 41 heavy (non-hydrogen) atoms. The van der Waals surface area contributed by atoms with Gasteiger partial charge in [-0.3, -0.25) is 9.59 Å². The summed E-state index contributed by atoms with van der Waals surface area (Å²) in [4.78, 5) is 29.8. The van der Waals surface area contributed by atoms with Gasteiger partial charge >= 0.3 is 0 Å². The van der Waals surface area contributed by atoms with Gasteiger partial charge in [0.05, 0.1) is 16.8 Å². The van der Waals surface area contributed by atoms with Crippen molar-refractivity contribution >= 4 is 17.5 Å². The van der Waals surface area contributed by atoms with Crippen LogP contribution in [-0.4, -0.2) is 60.4 Å². The Hall–Kier alpha value is -2.90. The highest BCUT2D eigenvalue weighted by Gasteiger charge is 2.44. The molecule has 2 aliphatic carbocycles. The molecule has 6 rings (SSSR count). The fourth-order valence-electron chi connectivity index (χ4n) is 7.60. The predicted octanol–water partition coefficient (Wildman–Crippen LogP) is 5.44. The van der Waals surface area contributed by atoms with Gasteiger partial charge in [0.15, 0.2) is 0 Å². The molecule has 3 fully saturated rings. The Morgan fingerprint density at radius 1 is 0.805 bits per heavy atom. The Morgan fingerprint density at radius 2 is 1.39 bits per heavy atom. The first-order valence-corrected chi connectivity index (χ1v) is 15.9. The zero-order valence-electron chi connectivity index (χ0n) is 25.0. The van der Waals surface area contributed by atoms with Crippen molar-refractivity contribution < 1.29 is 9.59 Å². The average Bonchev–Trinajstić information content (AvgIpc) is 3.33. The molecule has 2 aromatic rings. The topological polar surface area (TPSA) is 81.9 Å². The molecular formula is C34H47N5O2. The van der Waals surface area contributed by atoms with E-state index in [2.05, 4.69) is 54.7 Å². The Bertz CT molecular complexity index is 1250. The van der Waals surface area contributed by atoms with Crippen molar-refractivity contribution in [3.63, 3.8) is 0 Å². The Morgan fingerprint density at radius 3 is 2.00 bits per heavy atom. The summed E-state index contributed by atoms with van der Waals surface area (Å²) in [5.41, 5.74) is 15.0. The van der Waals surface area contributed by atoms with Crippen molar-refractivity contribution in [3.8, 4) is 11.1 Å². The minimum absolute atomic E-state index is 0.0299. The van der Waals surface area contributed by atoms with Crippen LogP contribution in [0.15, 0.2) is 42.5 Å². The van der Waals surface area contributed by atoms with Crippen molar-refractivity contribution in [2.75, 3.05) is 38.2 Å². The van der Waals surface area contributed by atoms with E-state index in [0.29, 0.717) is 37.7 Å². The number of rotatable bonds is 4. The second kappa shape index (κ2) is 11.4. The lowest BCUT2D eigenvalue weighted by Crippen LogP contribution is -2.62. The van der Waals surface area contributed by atoms with Crippen molar-refractivity contribution in [3.05, 3.63) is 53.6 Å². The van der Waals surface area contributed by atoms with Crippen molar-refractivity contribution in [1.29, 1.82) is 0 Å². The second-order valence-electron chi connectivity index (χ2n) is 13.2. The molecule has 3 N–H and O–H groups in total. The number of amides is 2. The fourth-order valence-corrected chi connectivity index (χ4v) is 7.60. The lowest BCUT2D eigenvalue weighted by molar-refractivity contribution is -0.141. The number of hydrogen-bond donors (Lipinski definition) is 2. The molecule has 2 aromatic carbocycles. The molecule has 220 valence electrons. The first-order valence-electron chi connectivity index (χ1n) is 15.9. The number of carbonyl (C=O) groups excluding carboxylic acids is 2. The van der Waals surface area contributed by atoms with Gasteiger partial charge in [-0.15, -0.1) is 0 Å². The van der Waals surface area contributed by atoms with E-state index in [1.165, 1.54) is 68.2 Å². The van der Waals surface area contributed by atoms with Crippen LogP contribution in [0.4, 0.5) is 5.69 Å². The van der Waals surface area contributed by atoms with Crippen LogP contribution < -0.4 is 16.2 Å². The normalized spacial score (nSPS) is 25.1. The van der Waals surface area contributed by atoms with E-state index >= 15 is 0 Å². The molecule has 1 unspecified atom stereocenters. The highest BCUT2D eigenvalue weighted by molar-refractivity contribution is 5.95. The summed E-state index contributed by atoms with van der Waals surface area (Å²) < 4.78 is 0. The number of hydrazine groups is 1. The van der Waals surface area contributed by atoms with Crippen LogP contribution in [0.5, 0.6) is 0 Å². The van der Waals surface area contributed by atoms with Crippen molar-refractivity contribution in [2.24, 2.45) is 11.7 Å². The summed E-state index contributed by atoms with van der Waals surface area (Å²) in [6.07, 6.45) is 13.2. The summed E-state index contributed by atoms with van der Waals surface area (Å²) in [6, 6.07) is 14.9. The van der Waals surface area contributed by atoms with E-state index in [1.807, 2.05) is 21.9 Å². The molecule has 1 saturated heterocycles. The van der Waals surface area contributed by atoms with E-state index in [0.717, 1.165) is 24.8 Å². The smallest absolute Gasteiger partial charge is 0.253 e. The number of nitrogens with two attached hydrogens (primary N) is 1. The van der Waals surface area contributed by atoms with Gasteiger partial charge in [0.25, 0.3) is 5.91 Å². The second-order valence-corrected chi connectivity index (χ2v) is 13.2. The SMILES string of the molecule is CN1NC(C)(C2CCCCCCCC2)c2cc(-c3ccc(C(=O)N4CCN(C(=O)C5(N)CCC5)CC4)cc3)ccc21. The monoisotopic (exact) mass is 557 g/mol. The number of carbonyl (C=O) groups is 2. The van der Waals surface area contributed by atoms with Gasteiger partial charge in [-0.25, -0.2) is 5.43 Å². The third-order valence-corrected chi connectivity index (χ3v) is 10.5. The summed E-state index contributed by atoms with van der Waals surface area (Å²) in [5, 5.41) is 2.21. The number of nitrogens with zero attached hydrogens (tertiary/aromatic N) is 3. The van der Waals surface area contributed by atoms with Gasteiger partial charge in [0.1, 0.15) is 0 Å². The minimum atomic E-state index is -0.670. The van der Waals surface area contributed by atoms with Crippen molar-refractivity contribution in [2.45, 2.75) is 88.6 Å². The van der Waals surface area contributed by atoms with E-state index < -0.39 is 5.54 Å². The number of piperazine rings is 1. The Kier molecular flexibility index (Phi) is 7.86. The maximum atomic E-state index is 13.3. The lowest BCUT2D eigenvalue weighted by atomic mass is 9.75. The number of anilines is 1. The lowest BCUT2D eigenvalue weighted by Gasteiger charge is -2.43. The number of nitrogens with one attached hydrogen (secondary N) is 1. The van der Waals surface area contributed by atoms with Gasteiger partial charge in [-0.1, -0.05) is 56.7 Å². The van der Waals surface area contributed by atoms with Crippen LogP contribution in [0.2, 0.25) is 0 Å². The van der Waals surface area contributed by atoms with E-state index in [-0.39, 0.29) is 17.4 Å². The molecule has 2 saturated carbocycles. The highest BCUT2D eigenvalue weighted by atomic mass is 16.2. The summed E-state index contributed by atoms with van der Waals surface area (Å²) in [7, 11) is 2.14. The van der Waals surface area contributed by atoms with Gasteiger partial charge < -0.3 is 20.5 Å². The number of fused-ring (bicyclic) bond motifs is 1. The molecule has 0 bridgehead atoms. The molecule has 4 aliphatic rings. The zero-order chi connectivity index (χ0) is 28.6. The molecule has 7 heteroatoms. The molecule has 1 atom stereocenters. The molecule has 0 aromatic heterocycles. The largest absolute Gasteiger partial charge is 0.338 e. The van der Waals surface area contributed by atoms with Crippen LogP contribution in [0.1, 0.15) is 93.5 Å². The minimum Gasteiger partial charge on any atom is -0.338 e. The molecule has 0 radical (unpaired) electrons. The fraction of sp³-hybridized carbons (Fsp3) is 0.588. The summed E-state index contributed by atoms with van der Waals surface area (Å²) >= 11 is 0. The van der Waals surface area contributed by atoms with Crippen LogP contribution in [-0.2, 0) is 10.3 Å². The highest BCUT2D eigenvalue weighted by Crippen LogP contribution is 2.46. The Labute approximate surface area is 245 Å². The van der Waals surface area contributed by atoms with E-state index in [9.17, 15) is 9.59 Å². The van der Waals surface area contributed by atoms with Crippen molar-refractivity contribution in [1.82, 2.24) is 15.2 Å². The van der Waals surface area contributed by atoms with E-state index in [1.54, 1.807) is 0 Å². The first kappa shape index (κ1) is 28.2. The standard InChI is InChI=1S/C34H47N5O2/c1-33(28-10-7-5-3-4-6-8-11-28)29-24-27(16-17-30(29)37(2)36-33)25-12-14-26(15-13-25)31(40)38-20-22-39(23-21-38)32(41)34(35)18-9-19-34/h12-17,24,28,36H,3-11,18-23,35H2,1-2H3. The third-order valence-electron chi connectivity index (χ3n) is 10.5. The van der Waals surface area contributed by atoms with Gasteiger partial charge in [0.2, 0.25) is 5.91 Å².